The standard InChI is InChI=1S/C13H8IN3O2/c14-10-2-1-3-11(7-10)16-13-5-4-12(17(18)19)6-9(13)8-15/h1-7,16H. The lowest BCUT2D eigenvalue weighted by atomic mass is 10.1. The van der Waals surface area contributed by atoms with Crippen molar-refractivity contribution in [2.24, 2.45) is 0 Å². The highest BCUT2D eigenvalue weighted by molar-refractivity contribution is 14.1. The summed E-state index contributed by atoms with van der Waals surface area (Å²) in [6.07, 6.45) is 0. The molecular weight excluding hydrogens is 357 g/mol. The van der Waals surface area contributed by atoms with Crippen LogP contribution in [0.5, 0.6) is 0 Å². The van der Waals surface area contributed by atoms with E-state index in [1.54, 1.807) is 0 Å². The van der Waals surface area contributed by atoms with Crippen molar-refractivity contribution in [1.82, 2.24) is 0 Å². The highest BCUT2D eigenvalue weighted by atomic mass is 127. The largest absolute Gasteiger partial charge is 0.354 e. The summed E-state index contributed by atoms with van der Waals surface area (Å²) in [5.41, 5.74) is 1.53. The fraction of sp³-hybridized carbons (Fsp3) is 0. The first-order valence-electron chi connectivity index (χ1n) is 5.31. The molecule has 0 amide bonds. The van der Waals surface area contributed by atoms with Crippen LogP contribution in [0.2, 0.25) is 0 Å². The van der Waals surface area contributed by atoms with Crippen LogP contribution in [0.1, 0.15) is 5.56 Å². The van der Waals surface area contributed by atoms with E-state index in [-0.39, 0.29) is 11.3 Å². The van der Waals surface area contributed by atoms with Crippen molar-refractivity contribution in [3.63, 3.8) is 0 Å². The number of rotatable bonds is 3. The number of nitro groups is 1. The minimum atomic E-state index is -0.518. The smallest absolute Gasteiger partial charge is 0.270 e. The zero-order chi connectivity index (χ0) is 13.8. The third-order valence-corrected chi connectivity index (χ3v) is 3.11. The SMILES string of the molecule is N#Cc1cc([N+](=O)[O-])ccc1Nc1cccc(I)c1. The molecule has 94 valence electrons. The summed E-state index contributed by atoms with van der Waals surface area (Å²) in [6, 6.07) is 13.8. The van der Waals surface area contributed by atoms with Gasteiger partial charge in [-0.05, 0) is 46.9 Å². The first-order valence-corrected chi connectivity index (χ1v) is 6.39. The summed E-state index contributed by atoms with van der Waals surface area (Å²) in [6.45, 7) is 0. The first-order chi connectivity index (χ1) is 9.10. The predicted octanol–water partition coefficient (Wildman–Crippen LogP) is 3.81. The molecule has 0 spiro atoms. The summed E-state index contributed by atoms with van der Waals surface area (Å²) in [4.78, 5) is 10.1. The van der Waals surface area contributed by atoms with E-state index in [9.17, 15) is 10.1 Å². The van der Waals surface area contributed by atoms with Crippen LogP contribution in [0.3, 0.4) is 0 Å². The van der Waals surface area contributed by atoms with E-state index < -0.39 is 4.92 Å². The molecule has 0 unspecified atom stereocenters. The van der Waals surface area contributed by atoms with Crippen LogP contribution in [0, 0.1) is 25.0 Å². The molecule has 0 radical (unpaired) electrons. The summed E-state index contributed by atoms with van der Waals surface area (Å²) in [5, 5.41) is 22.8. The molecule has 0 bridgehead atoms. The lowest BCUT2D eigenvalue weighted by Gasteiger charge is -2.08. The minimum Gasteiger partial charge on any atom is -0.354 e. The summed E-state index contributed by atoms with van der Waals surface area (Å²) in [5.74, 6) is 0. The van der Waals surface area contributed by atoms with E-state index in [0.717, 1.165) is 9.26 Å². The number of halogens is 1. The molecule has 0 saturated carbocycles. The summed E-state index contributed by atoms with van der Waals surface area (Å²) >= 11 is 2.19. The molecule has 19 heavy (non-hydrogen) atoms. The molecular formula is C13H8IN3O2. The number of nitrogens with one attached hydrogen (secondary N) is 1. The first kappa shape index (κ1) is 13.3. The Morgan fingerprint density at radius 3 is 2.68 bits per heavy atom. The molecule has 0 aromatic heterocycles. The van der Waals surface area contributed by atoms with Gasteiger partial charge in [-0.15, -0.1) is 0 Å². The molecule has 1 N–H and O–H groups in total. The lowest BCUT2D eigenvalue weighted by Crippen LogP contribution is -1.96. The Bertz CT molecular complexity index is 680. The average molecular weight is 365 g/mol. The molecule has 0 aliphatic carbocycles. The number of non-ortho nitro benzene ring substituents is 1. The number of nitrogens with zero attached hydrogens (tertiary/aromatic N) is 2. The van der Waals surface area contributed by atoms with Crippen LogP contribution >= 0.6 is 22.6 Å². The number of nitriles is 1. The van der Waals surface area contributed by atoms with Crippen LogP contribution in [-0.2, 0) is 0 Å². The molecule has 0 aliphatic heterocycles. The van der Waals surface area contributed by atoms with Gasteiger partial charge < -0.3 is 5.32 Å². The van der Waals surface area contributed by atoms with E-state index in [1.165, 1.54) is 18.2 Å². The molecule has 5 nitrogen and oxygen atoms in total. The maximum absolute atomic E-state index is 10.7. The van der Waals surface area contributed by atoms with Crippen molar-refractivity contribution in [3.05, 3.63) is 61.7 Å². The summed E-state index contributed by atoms with van der Waals surface area (Å²) < 4.78 is 1.06. The second-order valence-corrected chi connectivity index (χ2v) is 4.98. The van der Waals surface area contributed by atoms with Crippen LogP contribution in [0.15, 0.2) is 42.5 Å². The van der Waals surface area contributed by atoms with Gasteiger partial charge in [0.05, 0.1) is 16.2 Å². The van der Waals surface area contributed by atoms with Gasteiger partial charge in [0.25, 0.3) is 5.69 Å². The Labute approximate surface area is 123 Å². The molecule has 2 aromatic rings. The van der Waals surface area contributed by atoms with Crippen LogP contribution in [0.25, 0.3) is 0 Å². The van der Waals surface area contributed by atoms with E-state index in [0.29, 0.717) is 5.69 Å². The van der Waals surface area contributed by atoms with Crippen molar-refractivity contribution in [3.8, 4) is 6.07 Å². The third-order valence-electron chi connectivity index (χ3n) is 2.44. The number of hydrogen-bond donors (Lipinski definition) is 1. The number of anilines is 2. The number of benzene rings is 2. The van der Waals surface area contributed by atoms with E-state index in [2.05, 4.69) is 27.9 Å². The maximum Gasteiger partial charge on any atom is 0.270 e. The van der Waals surface area contributed by atoms with E-state index in [1.807, 2.05) is 30.3 Å². The van der Waals surface area contributed by atoms with Crippen LogP contribution in [-0.4, -0.2) is 4.92 Å². The van der Waals surface area contributed by atoms with Crippen molar-refractivity contribution in [1.29, 1.82) is 5.26 Å². The lowest BCUT2D eigenvalue weighted by molar-refractivity contribution is -0.384. The van der Waals surface area contributed by atoms with Gasteiger partial charge in [0, 0.05) is 21.4 Å². The fourth-order valence-electron chi connectivity index (χ4n) is 1.57. The van der Waals surface area contributed by atoms with Crippen LogP contribution in [0.4, 0.5) is 17.1 Å². The maximum atomic E-state index is 10.7. The van der Waals surface area contributed by atoms with Gasteiger partial charge in [0.2, 0.25) is 0 Å². The monoisotopic (exact) mass is 365 g/mol. The van der Waals surface area contributed by atoms with Gasteiger partial charge in [-0.25, -0.2) is 0 Å². The van der Waals surface area contributed by atoms with E-state index in [4.69, 9.17) is 5.26 Å². The van der Waals surface area contributed by atoms with Gasteiger partial charge in [-0.2, -0.15) is 5.26 Å². The molecule has 2 aromatic carbocycles. The Balaban J connectivity index is 2.36. The Morgan fingerprint density at radius 1 is 1.26 bits per heavy atom. The quantitative estimate of drug-likeness (QED) is 0.510. The van der Waals surface area contributed by atoms with Gasteiger partial charge >= 0.3 is 0 Å². The molecule has 0 atom stereocenters. The van der Waals surface area contributed by atoms with Crippen molar-refractivity contribution >= 4 is 39.7 Å². The van der Waals surface area contributed by atoms with E-state index >= 15 is 0 Å². The zero-order valence-electron chi connectivity index (χ0n) is 9.63. The summed E-state index contributed by atoms with van der Waals surface area (Å²) in [7, 11) is 0. The van der Waals surface area contributed by atoms with Gasteiger partial charge in [-0.3, -0.25) is 10.1 Å². The number of hydrogen-bond acceptors (Lipinski definition) is 4. The molecule has 0 heterocycles. The second kappa shape index (κ2) is 5.67. The molecule has 6 heteroatoms. The normalized spacial score (nSPS) is 9.68. The van der Waals surface area contributed by atoms with Gasteiger partial charge in [0.15, 0.2) is 0 Å². The fourth-order valence-corrected chi connectivity index (χ4v) is 2.11. The highest BCUT2D eigenvalue weighted by Gasteiger charge is 2.10. The Kier molecular flexibility index (Phi) is 3.97. The zero-order valence-corrected chi connectivity index (χ0v) is 11.8. The average Bonchev–Trinajstić information content (AvgIpc) is 2.39. The molecule has 0 fully saturated rings. The predicted molar refractivity (Wildman–Crippen MR) is 80.3 cm³/mol. The van der Waals surface area contributed by atoms with Crippen molar-refractivity contribution in [2.75, 3.05) is 5.32 Å². The third kappa shape index (κ3) is 3.20. The molecule has 2 rings (SSSR count). The highest BCUT2D eigenvalue weighted by Crippen LogP contribution is 2.25. The Morgan fingerprint density at radius 2 is 2.05 bits per heavy atom. The molecule has 0 aliphatic rings. The molecule has 0 saturated heterocycles. The van der Waals surface area contributed by atoms with Crippen molar-refractivity contribution < 1.29 is 4.92 Å². The van der Waals surface area contributed by atoms with Crippen molar-refractivity contribution in [2.45, 2.75) is 0 Å². The second-order valence-electron chi connectivity index (χ2n) is 3.73. The van der Waals surface area contributed by atoms with Crippen LogP contribution < -0.4 is 5.32 Å². The topological polar surface area (TPSA) is 79.0 Å². The Hall–Kier alpha value is -2.14. The van der Waals surface area contributed by atoms with Gasteiger partial charge in [-0.1, -0.05) is 6.07 Å². The van der Waals surface area contributed by atoms with Gasteiger partial charge in [0.1, 0.15) is 6.07 Å². The minimum absolute atomic E-state index is 0.0928. The number of nitro benzene ring substituents is 1.